The Labute approximate surface area is 299 Å². The minimum absolute atomic E-state index is 0.124. The molecule has 0 atom stereocenters. The van der Waals surface area contributed by atoms with Crippen LogP contribution in [0.15, 0.2) is 125 Å². The molecule has 0 saturated heterocycles. The number of rotatable bonds is 12. The molecule has 0 radical (unpaired) electrons. The van der Waals surface area contributed by atoms with Gasteiger partial charge in [-0.2, -0.15) is 58.9 Å². The van der Waals surface area contributed by atoms with Gasteiger partial charge in [0.1, 0.15) is 21.2 Å². The second-order valence-corrected chi connectivity index (χ2v) is 15.8. The van der Waals surface area contributed by atoms with Crippen LogP contribution in [-0.2, 0) is 40.5 Å². The third-order valence-electron chi connectivity index (χ3n) is 6.43. The van der Waals surface area contributed by atoms with E-state index < -0.39 is 77.4 Å². The van der Waals surface area contributed by atoms with Crippen LogP contribution in [0.4, 0.5) is 46.0 Å². The number of aromatic nitrogens is 3. The van der Waals surface area contributed by atoms with Gasteiger partial charge in [-0.1, -0.05) is 0 Å². The molecule has 0 aliphatic heterocycles. The quantitative estimate of drug-likeness (QED) is 0.0652. The molecule has 0 saturated carbocycles. The molecule has 0 bridgehead atoms. The molecule has 4 aromatic carbocycles. The zero-order valence-electron chi connectivity index (χ0n) is 25.8. The lowest BCUT2D eigenvalue weighted by Gasteiger charge is -2.09. The highest BCUT2D eigenvalue weighted by molar-refractivity contribution is 7.87. The molecule has 5 rings (SSSR count). The summed E-state index contributed by atoms with van der Waals surface area (Å²) >= 11 is 0. The third kappa shape index (κ3) is 10.1. The Bertz CT molecular complexity index is 2540. The van der Waals surface area contributed by atoms with Gasteiger partial charge in [-0.15, -0.1) is 10.2 Å². The van der Waals surface area contributed by atoms with Crippen molar-refractivity contribution in [3.63, 3.8) is 0 Å². The maximum absolute atomic E-state index is 11.7. The predicted molar refractivity (Wildman–Crippen MR) is 181 cm³/mol. The molecule has 0 unspecified atom stereocenters. The van der Waals surface area contributed by atoms with E-state index in [9.17, 15) is 57.0 Å². The number of anilines is 4. The van der Waals surface area contributed by atoms with Crippen LogP contribution in [0.2, 0.25) is 0 Å². The molecule has 22 nitrogen and oxygen atoms in total. The standard InChI is InChI=1S/C27H21N9O13S4/c37-27-31-25(28-15-1-5-17(6-2-15)33-35-21-13-19(50(38,39)40)9-11-23(21)52(44,45)46)30-26(32-27)29-16-3-7-18(8-4-16)34-36-22-14-20(51(41,42)43)10-12-24(22)53(47,48)49/h1-14H,(H,38,39,40)(H,41,42,43)(H,44,45,46)(H,47,48,49)(H3,28,29,30,31,32,37)/b35-33+,36-34+. The normalized spacial score (nSPS) is 12.7. The van der Waals surface area contributed by atoms with Crippen molar-refractivity contribution < 1.29 is 57.0 Å². The molecule has 1 aromatic heterocycles. The van der Waals surface area contributed by atoms with Crippen LogP contribution < -0.4 is 10.6 Å². The first-order valence-electron chi connectivity index (χ1n) is 13.9. The number of nitrogens with zero attached hydrogens (tertiary/aromatic N) is 7. The summed E-state index contributed by atoms with van der Waals surface area (Å²) in [7, 11) is -19.1. The van der Waals surface area contributed by atoms with Gasteiger partial charge in [-0.25, -0.2) is 0 Å². The van der Waals surface area contributed by atoms with Crippen molar-refractivity contribution in [1.29, 1.82) is 0 Å². The van der Waals surface area contributed by atoms with Crippen LogP contribution in [0, 0.1) is 0 Å². The summed E-state index contributed by atoms with van der Waals surface area (Å²) in [6.45, 7) is 0. The summed E-state index contributed by atoms with van der Waals surface area (Å²) in [5.74, 6) is -0.247. The maximum atomic E-state index is 11.7. The molecule has 276 valence electrons. The zero-order chi connectivity index (χ0) is 38.8. The second-order valence-electron chi connectivity index (χ2n) is 10.2. The Kier molecular flexibility index (Phi) is 10.6. The van der Waals surface area contributed by atoms with E-state index in [2.05, 4.69) is 46.0 Å². The number of aromatic hydroxyl groups is 1. The van der Waals surface area contributed by atoms with Crippen LogP contribution in [0.1, 0.15) is 0 Å². The van der Waals surface area contributed by atoms with E-state index >= 15 is 0 Å². The zero-order valence-corrected chi connectivity index (χ0v) is 29.1. The van der Waals surface area contributed by atoms with Crippen LogP contribution in [0.25, 0.3) is 0 Å². The van der Waals surface area contributed by atoms with Crippen LogP contribution in [0.5, 0.6) is 6.01 Å². The highest BCUT2D eigenvalue weighted by Gasteiger charge is 2.21. The van der Waals surface area contributed by atoms with Gasteiger partial charge in [0.25, 0.3) is 40.5 Å². The molecule has 0 spiro atoms. The lowest BCUT2D eigenvalue weighted by Crippen LogP contribution is -2.03. The molecule has 53 heavy (non-hydrogen) atoms. The van der Waals surface area contributed by atoms with Crippen LogP contribution in [0.3, 0.4) is 0 Å². The van der Waals surface area contributed by atoms with Gasteiger partial charge in [0.2, 0.25) is 11.9 Å². The number of hydrogen-bond donors (Lipinski definition) is 7. The Morgan fingerprint density at radius 1 is 0.453 bits per heavy atom. The average molecular weight is 808 g/mol. The van der Waals surface area contributed by atoms with E-state index in [1.807, 2.05) is 0 Å². The van der Waals surface area contributed by atoms with Crippen LogP contribution in [-0.4, -0.2) is 71.9 Å². The maximum Gasteiger partial charge on any atom is 0.320 e. The number of benzene rings is 4. The largest absolute Gasteiger partial charge is 0.479 e. The summed E-state index contributed by atoms with van der Waals surface area (Å²) in [4.78, 5) is 8.85. The molecule has 0 aliphatic carbocycles. The number of nitrogens with one attached hydrogen (secondary N) is 2. The summed E-state index contributed by atoms with van der Waals surface area (Å²) < 4.78 is 130. The monoisotopic (exact) mass is 807 g/mol. The first kappa shape index (κ1) is 38.4. The van der Waals surface area contributed by atoms with Crippen molar-refractivity contribution in [3.8, 4) is 6.01 Å². The van der Waals surface area contributed by atoms with E-state index in [0.717, 1.165) is 24.3 Å². The van der Waals surface area contributed by atoms with E-state index in [-0.39, 0.29) is 23.3 Å². The fourth-order valence-electron chi connectivity index (χ4n) is 4.09. The van der Waals surface area contributed by atoms with Gasteiger partial charge in [-0.3, -0.25) is 18.2 Å². The number of hydrogen-bond acceptors (Lipinski definition) is 18. The lowest BCUT2D eigenvalue weighted by molar-refractivity contribution is 0.430. The van der Waals surface area contributed by atoms with E-state index in [1.165, 1.54) is 48.5 Å². The van der Waals surface area contributed by atoms with Gasteiger partial charge >= 0.3 is 6.01 Å². The smallest absolute Gasteiger partial charge is 0.320 e. The highest BCUT2D eigenvalue weighted by atomic mass is 32.2. The van der Waals surface area contributed by atoms with Gasteiger partial charge in [0.15, 0.2) is 0 Å². The Balaban J connectivity index is 1.29. The molecule has 5 aromatic rings. The number of azo groups is 2. The first-order chi connectivity index (χ1) is 24.6. The minimum Gasteiger partial charge on any atom is -0.479 e. The predicted octanol–water partition coefficient (Wildman–Crippen LogP) is 4.88. The first-order valence-corrected chi connectivity index (χ1v) is 19.6. The van der Waals surface area contributed by atoms with E-state index in [0.29, 0.717) is 23.5 Å². The molecule has 26 heteroatoms. The van der Waals surface area contributed by atoms with Gasteiger partial charge < -0.3 is 15.7 Å². The fraction of sp³-hybridized carbons (Fsp3) is 0. The molecular formula is C27H21N9O13S4. The van der Waals surface area contributed by atoms with Gasteiger partial charge in [-0.05, 0) is 84.9 Å². The second kappa shape index (κ2) is 14.6. The average Bonchev–Trinajstić information content (AvgIpc) is 3.05. The van der Waals surface area contributed by atoms with Crippen LogP contribution >= 0.6 is 0 Å². The molecule has 7 N–H and O–H groups in total. The minimum atomic E-state index is -4.83. The van der Waals surface area contributed by atoms with E-state index in [1.54, 1.807) is 0 Å². The third-order valence-corrected chi connectivity index (χ3v) is 9.93. The Morgan fingerprint density at radius 3 is 1.13 bits per heavy atom. The van der Waals surface area contributed by atoms with Crippen molar-refractivity contribution in [1.82, 2.24) is 15.0 Å². The molecule has 0 fully saturated rings. The van der Waals surface area contributed by atoms with Gasteiger partial charge in [0, 0.05) is 11.4 Å². The van der Waals surface area contributed by atoms with Crippen molar-refractivity contribution >= 4 is 86.5 Å². The van der Waals surface area contributed by atoms with Crippen molar-refractivity contribution in [2.45, 2.75) is 19.6 Å². The molecular weight excluding hydrogens is 787 g/mol. The van der Waals surface area contributed by atoms with Crippen molar-refractivity contribution in [2.75, 3.05) is 10.6 Å². The highest BCUT2D eigenvalue weighted by Crippen LogP contribution is 2.31. The molecule has 0 amide bonds. The van der Waals surface area contributed by atoms with Crippen molar-refractivity contribution in [3.05, 3.63) is 84.9 Å². The van der Waals surface area contributed by atoms with Gasteiger partial charge in [0.05, 0.1) is 21.2 Å². The summed E-state index contributed by atoms with van der Waals surface area (Å²) in [5, 5.41) is 30.7. The summed E-state index contributed by atoms with van der Waals surface area (Å²) in [6.07, 6.45) is 0. The van der Waals surface area contributed by atoms with Crippen molar-refractivity contribution in [2.24, 2.45) is 20.5 Å². The SMILES string of the molecule is O=S(=O)(O)c1ccc(S(=O)(=O)O)c(/N=N/c2ccc(Nc3nc(O)nc(Nc4ccc(/N=N/c5cc(S(=O)(=O)O)ccc5S(=O)(=O)O)cc4)n3)cc2)c1. The molecule has 0 aliphatic rings. The van der Waals surface area contributed by atoms with E-state index in [4.69, 9.17) is 0 Å². The molecule has 1 heterocycles. The summed E-state index contributed by atoms with van der Waals surface area (Å²) in [5.41, 5.74) is -0.124. The Hall–Kier alpha value is -5.87. The Morgan fingerprint density at radius 2 is 0.811 bits per heavy atom. The fourth-order valence-corrected chi connectivity index (χ4v) is 6.30. The lowest BCUT2D eigenvalue weighted by atomic mass is 10.3. The topological polar surface area (TPSA) is 350 Å². The summed E-state index contributed by atoms with van der Waals surface area (Å²) in [6, 6.07) is 15.2.